The Labute approximate surface area is 211 Å². The molecule has 0 saturated carbocycles. The first-order valence-electron chi connectivity index (χ1n) is 12.1. The highest BCUT2D eigenvalue weighted by Crippen LogP contribution is 2.29. The van der Waals surface area contributed by atoms with Crippen molar-refractivity contribution in [2.24, 2.45) is 7.05 Å². The van der Waals surface area contributed by atoms with Crippen molar-refractivity contribution in [2.45, 2.75) is 32.8 Å². The summed E-state index contributed by atoms with van der Waals surface area (Å²) in [5.41, 5.74) is 5.44. The van der Waals surface area contributed by atoms with Gasteiger partial charge in [-0.05, 0) is 67.6 Å². The van der Waals surface area contributed by atoms with E-state index in [4.69, 9.17) is 0 Å². The molecule has 5 heterocycles. The molecule has 0 saturated heterocycles. The van der Waals surface area contributed by atoms with Gasteiger partial charge in [-0.2, -0.15) is 5.10 Å². The number of aromatic nitrogens is 6. The van der Waals surface area contributed by atoms with Crippen molar-refractivity contribution in [1.82, 2.24) is 28.7 Å². The van der Waals surface area contributed by atoms with Crippen LogP contribution in [-0.2, 0) is 26.5 Å². The predicted molar refractivity (Wildman–Crippen MR) is 139 cm³/mol. The van der Waals surface area contributed by atoms with E-state index in [1.807, 2.05) is 23.6 Å². The second kappa shape index (κ2) is 8.82. The van der Waals surface area contributed by atoms with Gasteiger partial charge < -0.3 is 19.4 Å². The van der Waals surface area contributed by atoms with Crippen LogP contribution >= 0.6 is 0 Å². The molecule has 1 aliphatic carbocycles. The zero-order valence-electron chi connectivity index (χ0n) is 20.5. The van der Waals surface area contributed by atoms with Crippen molar-refractivity contribution >= 4 is 17.0 Å². The maximum atomic E-state index is 13.5. The highest BCUT2D eigenvalue weighted by atomic mass is 16.3. The molecule has 10 nitrogen and oxygen atoms in total. The van der Waals surface area contributed by atoms with E-state index in [9.17, 15) is 14.7 Å². The lowest BCUT2D eigenvalue weighted by Crippen LogP contribution is -2.22. The van der Waals surface area contributed by atoms with Gasteiger partial charge in [0.1, 0.15) is 17.0 Å². The molecular weight excluding hydrogens is 470 g/mol. The molecule has 0 bridgehead atoms. The van der Waals surface area contributed by atoms with Crippen molar-refractivity contribution in [3.05, 3.63) is 98.3 Å². The predicted octanol–water partition coefficient (Wildman–Crippen LogP) is 2.67. The van der Waals surface area contributed by atoms with Crippen molar-refractivity contribution in [3.63, 3.8) is 0 Å². The molecule has 0 aliphatic heterocycles. The first-order valence-corrected chi connectivity index (χ1v) is 12.1. The van der Waals surface area contributed by atoms with Gasteiger partial charge >= 0.3 is 0 Å². The maximum Gasteiger partial charge on any atom is 0.280 e. The Bertz CT molecular complexity index is 1780. The second-order valence-corrected chi connectivity index (χ2v) is 9.26. The molecule has 6 rings (SSSR count). The molecule has 0 aromatic carbocycles. The van der Waals surface area contributed by atoms with Gasteiger partial charge in [-0.3, -0.25) is 14.2 Å². The van der Waals surface area contributed by atoms with Crippen molar-refractivity contribution in [3.8, 4) is 16.9 Å². The van der Waals surface area contributed by atoms with Gasteiger partial charge in [0.25, 0.3) is 11.1 Å². The highest BCUT2D eigenvalue weighted by molar-refractivity contribution is 5.73. The van der Waals surface area contributed by atoms with E-state index in [0.717, 1.165) is 25.0 Å². The number of anilines is 2. The zero-order chi connectivity index (χ0) is 25.7. The Morgan fingerprint density at radius 3 is 2.70 bits per heavy atom. The molecule has 0 spiro atoms. The van der Waals surface area contributed by atoms with Crippen LogP contribution in [0.25, 0.3) is 22.5 Å². The fourth-order valence-electron chi connectivity index (χ4n) is 5.06. The Balaban J connectivity index is 1.47. The quantitative estimate of drug-likeness (QED) is 0.385. The lowest BCUT2D eigenvalue weighted by Gasteiger charge is -2.16. The number of rotatable bonds is 5. The topological polar surface area (TPSA) is 119 Å². The van der Waals surface area contributed by atoms with E-state index in [1.54, 1.807) is 49.9 Å². The third-order valence-corrected chi connectivity index (χ3v) is 6.87. The van der Waals surface area contributed by atoms with Gasteiger partial charge in [0.15, 0.2) is 5.82 Å². The van der Waals surface area contributed by atoms with Gasteiger partial charge in [-0.1, -0.05) is 0 Å². The summed E-state index contributed by atoms with van der Waals surface area (Å²) in [7, 11) is 1.66. The molecule has 1 aliphatic rings. The molecule has 2 N–H and O–H groups in total. The Hall–Kier alpha value is -4.57. The highest BCUT2D eigenvalue weighted by Gasteiger charge is 2.20. The number of pyridine rings is 2. The summed E-state index contributed by atoms with van der Waals surface area (Å²) >= 11 is 0. The van der Waals surface area contributed by atoms with Crippen LogP contribution in [0.1, 0.15) is 28.9 Å². The van der Waals surface area contributed by atoms with Gasteiger partial charge in [-0.15, -0.1) is 5.10 Å². The maximum absolute atomic E-state index is 13.5. The molecule has 186 valence electrons. The summed E-state index contributed by atoms with van der Waals surface area (Å²) in [6, 6.07) is 8.98. The van der Waals surface area contributed by atoms with Crippen LogP contribution in [0, 0.1) is 6.92 Å². The minimum atomic E-state index is -0.345. The molecular formula is C27H25N7O3. The van der Waals surface area contributed by atoms with Crippen molar-refractivity contribution < 1.29 is 5.11 Å². The molecule has 0 unspecified atom stereocenters. The SMILES string of the molecule is Cc1ccc(Nc2cc(-c3ccnc(-n4ccn5c6c(cc5c4=O)CCC6)c3CO)cn(C)c2=O)nn1. The van der Waals surface area contributed by atoms with Crippen LogP contribution in [0.5, 0.6) is 0 Å². The van der Waals surface area contributed by atoms with Crippen LogP contribution in [0.4, 0.5) is 11.5 Å². The van der Waals surface area contributed by atoms with Gasteiger partial charge in [0, 0.05) is 48.7 Å². The number of aryl methyl sites for hydroxylation is 4. The minimum Gasteiger partial charge on any atom is -0.392 e. The van der Waals surface area contributed by atoms with Crippen molar-refractivity contribution in [1.29, 1.82) is 0 Å². The van der Waals surface area contributed by atoms with E-state index in [1.165, 1.54) is 20.4 Å². The van der Waals surface area contributed by atoms with Gasteiger partial charge in [-0.25, -0.2) is 4.98 Å². The van der Waals surface area contributed by atoms with Crippen LogP contribution in [-0.4, -0.2) is 33.8 Å². The third kappa shape index (κ3) is 3.82. The average Bonchev–Trinajstić information content (AvgIpc) is 3.50. The Kier molecular flexibility index (Phi) is 5.45. The first-order chi connectivity index (χ1) is 17.9. The number of aliphatic hydroxyl groups excluding tert-OH is 1. The molecule has 10 heteroatoms. The lowest BCUT2D eigenvalue weighted by molar-refractivity contribution is 0.281. The van der Waals surface area contributed by atoms with Crippen LogP contribution in [0.2, 0.25) is 0 Å². The fraction of sp³-hybridized carbons (Fsp3) is 0.222. The minimum absolute atomic E-state index is 0.197. The fourth-order valence-corrected chi connectivity index (χ4v) is 5.06. The molecule has 5 aromatic rings. The summed E-state index contributed by atoms with van der Waals surface area (Å²) < 4.78 is 4.89. The number of fused-ring (bicyclic) bond motifs is 3. The molecule has 0 fully saturated rings. The van der Waals surface area contributed by atoms with Gasteiger partial charge in [0.05, 0.1) is 12.3 Å². The number of hydrogen-bond donors (Lipinski definition) is 2. The zero-order valence-corrected chi connectivity index (χ0v) is 20.5. The first kappa shape index (κ1) is 22.9. The van der Waals surface area contributed by atoms with E-state index in [0.29, 0.717) is 39.5 Å². The summed E-state index contributed by atoms with van der Waals surface area (Å²) in [5, 5.41) is 21.6. The Morgan fingerprint density at radius 1 is 1.05 bits per heavy atom. The largest absolute Gasteiger partial charge is 0.392 e. The van der Waals surface area contributed by atoms with Crippen LogP contribution < -0.4 is 16.4 Å². The molecule has 37 heavy (non-hydrogen) atoms. The van der Waals surface area contributed by atoms with Crippen LogP contribution in [0.3, 0.4) is 0 Å². The van der Waals surface area contributed by atoms with E-state index < -0.39 is 0 Å². The standard InChI is InChI=1S/C27H25N7O3/c1-16-6-7-24(31-30-16)29-21-12-18(14-32(2)26(21)36)19-8-9-28-25(20(19)15-35)34-11-10-33-22-5-3-4-17(22)13-23(33)27(34)37/h6-14,35H,3-5,15H2,1-2H3,(H,29,31). The normalized spacial score (nSPS) is 12.7. The van der Waals surface area contributed by atoms with Gasteiger partial charge in [0.2, 0.25) is 0 Å². The number of aliphatic hydroxyl groups is 1. The summed E-state index contributed by atoms with van der Waals surface area (Å²) in [6.45, 7) is 1.49. The van der Waals surface area contributed by atoms with Crippen molar-refractivity contribution in [2.75, 3.05) is 5.32 Å². The average molecular weight is 496 g/mol. The summed E-state index contributed by atoms with van der Waals surface area (Å²) in [4.78, 5) is 30.8. The van der Waals surface area contributed by atoms with Crippen LogP contribution in [0.15, 0.2) is 64.7 Å². The summed E-state index contributed by atoms with van der Waals surface area (Å²) in [6.07, 6.45) is 9.90. The third-order valence-electron chi connectivity index (χ3n) is 6.87. The molecule has 0 radical (unpaired) electrons. The van der Waals surface area contributed by atoms with E-state index in [2.05, 4.69) is 20.5 Å². The van der Waals surface area contributed by atoms with E-state index >= 15 is 0 Å². The molecule has 5 aromatic heterocycles. The molecule has 0 amide bonds. The number of nitrogens with one attached hydrogen (secondary N) is 1. The summed E-state index contributed by atoms with van der Waals surface area (Å²) in [5.74, 6) is 0.790. The van der Waals surface area contributed by atoms with E-state index in [-0.39, 0.29) is 17.7 Å². The number of hydrogen-bond acceptors (Lipinski definition) is 7. The Morgan fingerprint density at radius 2 is 1.92 bits per heavy atom. The lowest BCUT2D eigenvalue weighted by atomic mass is 10.0. The molecule has 0 atom stereocenters. The number of nitrogens with zero attached hydrogens (tertiary/aromatic N) is 6. The monoisotopic (exact) mass is 495 g/mol. The second-order valence-electron chi connectivity index (χ2n) is 9.26. The smallest absolute Gasteiger partial charge is 0.280 e.